The highest BCUT2D eigenvalue weighted by molar-refractivity contribution is 7.95. The molecule has 1 saturated heterocycles. The van der Waals surface area contributed by atoms with Gasteiger partial charge in [0.2, 0.25) is 0 Å². The number of hydrogen-bond donors (Lipinski definition) is 0. The van der Waals surface area contributed by atoms with Crippen molar-refractivity contribution < 1.29 is 18.3 Å². The van der Waals surface area contributed by atoms with Crippen LogP contribution in [0, 0.1) is 0 Å². The number of carbonyl (C=O) groups is 1. The first-order chi connectivity index (χ1) is 15.0. The van der Waals surface area contributed by atoms with Gasteiger partial charge in [-0.3, -0.25) is 4.79 Å². The second-order valence-corrected chi connectivity index (χ2v) is 9.26. The molecular formula is C24H24N2O4S. The van der Waals surface area contributed by atoms with Crippen LogP contribution in [-0.4, -0.2) is 53.0 Å². The molecule has 0 bridgehead atoms. The van der Waals surface area contributed by atoms with E-state index in [1.54, 1.807) is 48.4 Å². The van der Waals surface area contributed by atoms with Crippen LogP contribution in [-0.2, 0) is 14.6 Å². The summed E-state index contributed by atoms with van der Waals surface area (Å²) in [5, 5.41) is 0. The van der Waals surface area contributed by atoms with Gasteiger partial charge in [-0.15, -0.1) is 4.31 Å². The van der Waals surface area contributed by atoms with Crippen LogP contribution in [0.2, 0.25) is 0 Å². The van der Waals surface area contributed by atoms with Gasteiger partial charge in [-0.25, -0.2) is 0 Å². The first kappa shape index (κ1) is 21.2. The summed E-state index contributed by atoms with van der Waals surface area (Å²) < 4.78 is 32.3. The molecule has 0 saturated carbocycles. The fourth-order valence-electron chi connectivity index (χ4n) is 3.69. The minimum Gasteiger partial charge on any atom is -0.593 e. The maximum atomic E-state index is 13.1. The zero-order valence-corrected chi connectivity index (χ0v) is 18.1. The number of amides is 1. The third-order valence-electron chi connectivity index (χ3n) is 5.42. The van der Waals surface area contributed by atoms with Crippen molar-refractivity contribution in [3.8, 4) is 16.9 Å². The molecule has 1 aliphatic heterocycles. The van der Waals surface area contributed by atoms with E-state index in [4.69, 9.17) is 4.74 Å². The standard InChI is InChI=1S/C24H24N2O4S/c1-30-22-10-6-8-20(18-22)19-7-5-9-21(17-19)24(27)25-13-15-26(16-14-25)31(28,29)23-11-3-2-4-12-23/h2-12,17-18H,13-16H2,1H3. The molecule has 0 N–H and O–H groups in total. The van der Waals surface area contributed by atoms with Crippen molar-refractivity contribution >= 4 is 16.3 Å². The molecule has 0 aliphatic carbocycles. The van der Waals surface area contributed by atoms with Crippen LogP contribution in [0.5, 0.6) is 5.75 Å². The Morgan fingerprint density at radius 3 is 2.19 bits per heavy atom. The lowest BCUT2D eigenvalue weighted by molar-refractivity contribution is 0.0693. The Balaban J connectivity index is 1.46. The largest absolute Gasteiger partial charge is 0.593 e. The van der Waals surface area contributed by atoms with E-state index in [0.29, 0.717) is 18.7 Å². The highest BCUT2D eigenvalue weighted by Crippen LogP contribution is 2.26. The maximum Gasteiger partial charge on any atom is 0.253 e. The number of piperazine rings is 1. The Hall–Kier alpha value is -3.00. The van der Waals surface area contributed by atoms with E-state index in [0.717, 1.165) is 16.9 Å². The van der Waals surface area contributed by atoms with Gasteiger partial charge in [0.1, 0.15) is 5.75 Å². The molecule has 3 aromatic carbocycles. The zero-order chi connectivity index (χ0) is 21.8. The zero-order valence-electron chi connectivity index (χ0n) is 17.3. The average molecular weight is 437 g/mol. The Morgan fingerprint density at radius 2 is 1.52 bits per heavy atom. The summed E-state index contributed by atoms with van der Waals surface area (Å²) in [5.41, 5.74) is 2.47. The van der Waals surface area contributed by atoms with Gasteiger partial charge < -0.3 is 14.2 Å². The predicted molar refractivity (Wildman–Crippen MR) is 119 cm³/mol. The van der Waals surface area contributed by atoms with E-state index in [9.17, 15) is 13.6 Å². The minimum atomic E-state index is -3.54. The van der Waals surface area contributed by atoms with Crippen LogP contribution in [0.25, 0.3) is 11.1 Å². The molecule has 1 heterocycles. The minimum absolute atomic E-state index is 0.0958. The first-order valence-corrected chi connectivity index (χ1v) is 11.5. The number of benzene rings is 3. The molecule has 1 amide bonds. The molecule has 6 nitrogen and oxygen atoms in total. The van der Waals surface area contributed by atoms with Crippen LogP contribution in [0.3, 0.4) is 0 Å². The number of methoxy groups -OCH3 is 1. The average Bonchev–Trinajstić information content (AvgIpc) is 2.84. The molecule has 7 heteroatoms. The molecule has 3 aromatic rings. The van der Waals surface area contributed by atoms with E-state index in [2.05, 4.69) is 0 Å². The molecular weight excluding hydrogens is 412 g/mol. The van der Waals surface area contributed by atoms with Gasteiger partial charge in [0.25, 0.3) is 5.91 Å². The maximum absolute atomic E-state index is 13.1. The van der Waals surface area contributed by atoms with Gasteiger partial charge in [-0.05, 0) is 47.5 Å². The molecule has 1 aliphatic rings. The Bertz CT molecular complexity index is 1110. The summed E-state index contributed by atoms with van der Waals surface area (Å²) in [7, 11) is -1.92. The number of rotatable bonds is 5. The number of nitrogens with zero attached hydrogens (tertiary/aromatic N) is 2. The summed E-state index contributed by atoms with van der Waals surface area (Å²) in [5.74, 6) is 0.659. The van der Waals surface area contributed by atoms with Crippen molar-refractivity contribution in [2.45, 2.75) is 4.90 Å². The van der Waals surface area contributed by atoms with E-state index in [1.165, 1.54) is 4.31 Å². The van der Waals surface area contributed by atoms with Crippen LogP contribution >= 0.6 is 0 Å². The lowest BCUT2D eigenvalue weighted by Crippen LogP contribution is -2.52. The SMILES string of the molecule is COc1cccc(-c2cccc(C(=O)N3CCN([S+](=O)([O-])c4ccccc4)CC3)c2)c1. The van der Waals surface area contributed by atoms with Gasteiger partial charge >= 0.3 is 0 Å². The Labute approximate surface area is 183 Å². The highest BCUT2D eigenvalue weighted by atomic mass is 32.3. The molecule has 31 heavy (non-hydrogen) atoms. The van der Waals surface area contributed by atoms with Gasteiger partial charge in [-0.2, -0.15) is 0 Å². The van der Waals surface area contributed by atoms with Crippen molar-refractivity contribution in [3.05, 3.63) is 84.4 Å². The molecule has 1 fully saturated rings. The van der Waals surface area contributed by atoms with Gasteiger partial charge in [0, 0.05) is 18.7 Å². The number of hydrogen-bond acceptors (Lipinski definition) is 4. The summed E-state index contributed by atoms with van der Waals surface area (Å²) in [4.78, 5) is 15.1. The second kappa shape index (κ2) is 9.01. The van der Waals surface area contributed by atoms with Crippen molar-refractivity contribution in [3.63, 3.8) is 0 Å². The van der Waals surface area contributed by atoms with Crippen molar-refractivity contribution in [2.75, 3.05) is 33.3 Å². The third kappa shape index (κ3) is 4.54. The predicted octanol–water partition coefficient (Wildman–Crippen LogP) is 3.72. The van der Waals surface area contributed by atoms with Crippen molar-refractivity contribution in [2.24, 2.45) is 0 Å². The second-order valence-electron chi connectivity index (χ2n) is 7.32. The molecule has 0 radical (unpaired) electrons. The van der Waals surface area contributed by atoms with Crippen molar-refractivity contribution in [1.82, 2.24) is 9.21 Å². The molecule has 160 valence electrons. The summed E-state index contributed by atoms with van der Waals surface area (Å²) in [6.07, 6.45) is 0. The van der Waals surface area contributed by atoms with E-state index < -0.39 is 10.4 Å². The Morgan fingerprint density at radius 1 is 0.871 bits per heavy atom. The fraction of sp³-hybridized carbons (Fsp3) is 0.208. The first-order valence-electron chi connectivity index (χ1n) is 10.1. The summed E-state index contributed by atoms with van der Waals surface area (Å²) in [6.45, 7) is 1.26. The normalized spacial score (nSPS) is 16.5. The Kier molecular flexibility index (Phi) is 6.18. The fourth-order valence-corrected chi connectivity index (χ4v) is 5.13. The summed E-state index contributed by atoms with van der Waals surface area (Å²) >= 11 is 0. The number of ether oxygens (including phenoxy) is 1. The quantitative estimate of drug-likeness (QED) is 0.572. The number of sulfonamides is 1. The molecule has 1 unspecified atom stereocenters. The number of carbonyl (C=O) groups excluding carboxylic acids is 1. The van der Waals surface area contributed by atoms with Crippen LogP contribution in [0.1, 0.15) is 10.4 Å². The van der Waals surface area contributed by atoms with Crippen LogP contribution < -0.4 is 4.74 Å². The smallest absolute Gasteiger partial charge is 0.253 e. The highest BCUT2D eigenvalue weighted by Gasteiger charge is 2.34. The molecule has 0 aromatic heterocycles. The van der Waals surface area contributed by atoms with Crippen LogP contribution in [0.15, 0.2) is 83.8 Å². The van der Waals surface area contributed by atoms with Gasteiger partial charge in [0.15, 0.2) is 15.3 Å². The lowest BCUT2D eigenvalue weighted by atomic mass is 10.0. The van der Waals surface area contributed by atoms with E-state index in [-0.39, 0.29) is 23.9 Å². The monoisotopic (exact) mass is 436 g/mol. The van der Waals surface area contributed by atoms with Gasteiger partial charge in [0.05, 0.1) is 20.2 Å². The topological polar surface area (TPSA) is 72.9 Å². The van der Waals surface area contributed by atoms with Gasteiger partial charge in [-0.1, -0.05) is 46.7 Å². The van der Waals surface area contributed by atoms with Crippen LogP contribution in [0.4, 0.5) is 0 Å². The van der Waals surface area contributed by atoms with Crippen molar-refractivity contribution in [1.29, 1.82) is 0 Å². The summed E-state index contributed by atoms with van der Waals surface area (Å²) in [6, 6.07) is 23.6. The van der Waals surface area contributed by atoms with E-state index >= 15 is 0 Å². The lowest BCUT2D eigenvalue weighted by Gasteiger charge is -2.35. The third-order valence-corrected chi connectivity index (χ3v) is 7.33. The molecule has 0 spiro atoms. The van der Waals surface area contributed by atoms with E-state index in [1.807, 2.05) is 42.5 Å². The molecule has 1 atom stereocenters. The molecule has 4 rings (SSSR count).